The first kappa shape index (κ1) is 8.74. The molecule has 1 aromatic heterocycles. The lowest BCUT2D eigenvalue weighted by molar-refractivity contribution is 0.393. The Morgan fingerprint density at radius 1 is 1.07 bits per heavy atom. The van der Waals surface area contributed by atoms with Crippen LogP contribution in [0.4, 0.5) is 0 Å². The zero-order valence-electron chi connectivity index (χ0n) is 8.02. The lowest BCUT2D eigenvalue weighted by atomic mass is 10.2. The van der Waals surface area contributed by atoms with Gasteiger partial charge in [0.2, 0.25) is 5.88 Å². The van der Waals surface area contributed by atoms with Gasteiger partial charge in [-0.15, -0.1) is 0 Å². The maximum atomic E-state index is 5.21. The summed E-state index contributed by atoms with van der Waals surface area (Å²) in [5.41, 5.74) is 0.816. The number of aromatic nitrogens is 2. The minimum atomic E-state index is 0.535. The van der Waals surface area contributed by atoms with Gasteiger partial charge in [0.15, 0.2) is 0 Å². The van der Waals surface area contributed by atoms with Crippen LogP contribution in [0.1, 0.15) is 0 Å². The van der Waals surface area contributed by atoms with E-state index in [-0.39, 0.29) is 0 Å². The molecule has 0 unspecified atom stereocenters. The Hall–Kier alpha value is -1.84. The largest absolute Gasteiger partial charge is 0.496 e. The van der Waals surface area contributed by atoms with Crippen molar-refractivity contribution in [3.63, 3.8) is 0 Å². The molecule has 0 saturated carbocycles. The van der Waals surface area contributed by atoms with E-state index in [9.17, 15) is 0 Å². The van der Waals surface area contributed by atoms with Gasteiger partial charge >= 0.3 is 0 Å². The zero-order chi connectivity index (χ0) is 9.97. The van der Waals surface area contributed by atoms with Gasteiger partial charge in [0.1, 0.15) is 17.5 Å². The van der Waals surface area contributed by atoms with Crippen LogP contribution in [0.15, 0.2) is 24.5 Å². The van der Waals surface area contributed by atoms with E-state index in [0.29, 0.717) is 5.88 Å². The molecule has 0 N–H and O–H groups in total. The van der Waals surface area contributed by atoms with Crippen LogP contribution in [0.2, 0.25) is 0 Å². The lowest BCUT2D eigenvalue weighted by Gasteiger charge is -2.07. The Morgan fingerprint density at radius 2 is 1.93 bits per heavy atom. The van der Waals surface area contributed by atoms with Crippen LogP contribution in [0.3, 0.4) is 0 Å². The predicted octanol–water partition coefficient (Wildman–Crippen LogP) is 1.65. The second kappa shape index (κ2) is 3.49. The molecule has 0 spiro atoms. The molecule has 0 aliphatic rings. The van der Waals surface area contributed by atoms with Crippen molar-refractivity contribution < 1.29 is 9.47 Å². The van der Waals surface area contributed by atoms with Crippen LogP contribution in [0.5, 0.6) is 11.6 Å². The Morgan fingerprint density at radius 3 is 2.64 bits per heavy atom. The molecule has 4 nitrogen and oxygen atoms in total. The van der Waals surface area contributed by atoms with E-state index in [4.69, 9.17) is 9.47 Å². The van der Waals surface area contributed by atoms with Crippen LogP contribution < -0.4 is 9.47 Å². The molecule has 14 heavy (non-hydrogen) atoms. The molecule has 0 bridgehead atoms. The fraction of sp³-hybridized carbons (Fsp3) is 0.200. The van der Waals surface area contributed by atoms with Gasteiger partial charge < -0.3 is 9.47 Å². The van der Waals surface area contributed by atoms with Crippen molar-refractivity contribution in [1.29, 1.82) is 0 Å². The second-order valence-corrected chi connectivity index (χ2v) is 2.74. The quantitative estimate of drug-likeness (QED) is 0.722. The highest BCUT2D eigenvalue weighted by molar-refractivity contribution is 5.89. The summed E-state index contributed by atoms with van der Waals surface area (Å²) in [6.45, 7) is 0. The maximum Gasteiger partial charge on any atom is 0.228 e. The third-order valence-corrected chi connectivity index (χ3v) is 2.00. The van der Waals surface area contributed by atoms with Crippen molar-refractivity contribution in [2.45, 2.75) is 0 Å². The molecule has 0 aliphatic heterocycles. The van der Waals surface area contributed by atoms with Crippen molar-refractivity contribution >= 4 is 10.9 Å². The summed E-state index contributed by atoms with van der Waals surface area (Å²) in [4.78, 5) is 8.15. The van der Waals surface area contributed by atoms with Crippen molar-refractivity contribution in [3.8, 4) is 11.6 Å². The highest BCUT2D eigenvalue weighted by atomic mass is 16.5. The Bertz CT molecular complexity index is 418. The highest BCUT2D eigenvalue weighted by Crippen LogP contribution is 2.30. The van der Waals surface area contributed by atoms with E-state index in [0.717, 1.165) is 16.7 Å². The van der Waals surface area contributed by atoms with Gasteiger partial charge in [-0.2, -0.15) is 0 Å². The van der Waals surface area contributed by atoms with E-state index in [1.54, 1.807) is 14.2 Å². The zero-order valence-corrected chi connectivity index (χ0v) is 8.02. The number of rotatable bonds is 2. The first-order valence-corrected chi connectivity index (χ1v) is 4.18. The third kappa shape index (κ3) is 1.25. The maximum absolute atomic E-state index is 5.21. The summed E-state index contributed by atoms with van der Waals surface area (Å²) < 4.78 is 10.3. The number of fused-ring (bicyclic) bond motifs is 1. The van der Waals surface area contributed by atoms with E-state index >= 15 is 0 Å². The number of ether oxygens (including phenoxy) is 2. The molecule has 0 radical (unpaired) electrons. The molecule has 0 atom stereocenters. The minimum Gasteiger partial charge on any atom is -0.496 e. The highest BCUT2D eigenvalue weighted by Gasteiger charge is 2.08. The Kier molecular flexibility index (Phi) is 2.18. The van der Waals surface area contributed by atoms with Crippen LogP contribution >= 0.6 is 0 Å². The van der Waals surface area contributed by atoms with Crippen LogP contribution in [0, 0.1) is 0 Å². The summed E-state index contributed by atoms with van der Waals surface area (Å²) in [5, 5.41) is 0.806. The molecule has 4 heteroatoms. The van der Waals surface area contributed by atoms with Crippen LogP contribution in [-0.4, -0.2) is 24.2 Å². The molecule has 0 aliphatic carbocycles. The molecule has 1 heterocycles. The van der Waals surface area contributed by atoms with E-state index in [1.165, 1.54) is 6.33 Å². The average Bonchev–Trinajstić information content (AvgIpc) is 2.27. The summed E-state index contributed by atoms with van der Waals surface area (Å²) in [6.07, 6.45) is 1.47. The van der Waals surface area contributed by atoms with Crippen molar-refractivity contribution in [2.24, 2.45) is 0 Å². The lowest BCUT2D eigenvalue weighted by Crippen LogP contribution is -1.93. The molecule has 0 fully saturated rings. The average molecular weight is 190 g/mol. The number of hydrogen-bond donors (Lipinski definition) is 0. The number of methoxy groups -OCH3 is 2. The molecule has 2 aromatic rings. The number of nitrogens with zero attached hydrogens (tertiary/aromatic N) is 2. The standard InChI is InChI=1S/C10H10N2O2/c1-13-8-5-3-4-7-9(8)10(14-2)12-6-11-7/h3-6H,1-2H3. The van der Waals surface area contributed by atoms with Gasteiger partial charge in [0.25, 0.3) is 0 Å². The first-order chi connectivity index (χ1) is 6.86. The minimum absolute atomic E-state index is 0.535. The van der Waals surface area contributed by atoms with E-state index < -0.39 is 0 Å². The normalized spacial score (nSPS) is 10.1. The van der Waals surface area contributed by atoms with Gasteiger partial charge in [-0.25, -0.2) is 9.97 Å². The van der Waals surface area contributed by atoms with Crippen LogP contribution in [0.25, 0.3) is 10.9 Å². The van der Waals surface area contributed by atoms with E-state index in [1.807, 2.05) is 18.2 Å². The molecule has 0 saturated heterocycles. The molecular weight excluding hydrogens is 180 g/mol. The van der Waals surface area contributed by atoms with Crippen LogP contribution in [-0.2, 0) is 0 Å². The summed E-state index contributed by atoms with van der Waals surface area (Å²) in [6, 6.07) is 5.63. The Labute approximate surface area is 81.5 Å². The summed E-state index contributed by atoms with van der Waals surface area (Å²) in [7, 11) is 3.19. The fourth-order valence-corrected chi connectivity index (χ4v) is 1.38. The summed E-state index contributed by atoms with van der Waals surface area (Å²) >= 11 is 0. The smallest absolute Gasteiger partial charge is 0.228 e. The first-order valence-electron chi connectivity index (χ1n) is 4.18. The fourth-order valence-electron chi connectivity index (χ4n) is 1.38. The molecule has 1 aromatic carbocycles. The number of benzene rings is 1. The van der Waals surface area contributed by atoms with E-state index in [2.05, 4.69) is 9.97 Å². The number of hydrogen-bond acceptors (Lipinski definition) is 4. The molecule has 2 rings (SSSR count). The van der Waals surface area contributed by atoms with Gasteiger partial charge in [-0.05, 0) is 12.1 Å². The van der Waals surface area contributed by atoms with Gasteiger partial charge in [0, 0.05) is 0 Å². The molecular formula is C10H10N2O2. The van der Waals surface area contributed by atoms with Gasteiger partial charge in [0.05, 0.1) is 19.7 Å². The second-order valence-electron chi connectivity index (χ2n) is 2.74. The van der Waals surface area contributed by atoms with Crippen molar-refractivity contribution in [3.05, 3.63) is 24.5 Å². The van der Waals surface area contributed by atoms with Gasteiger partial charge in [-0.3, -0.25) is 0 Å². The SMILES string of the molecule is COc1cccc2ncnc(OC)c12. The van der Waals surface area contributed by atoms with Crippen molar-refractivity contribution in [1.82, 2.24) is 9.97 Å². The van der Waals surface area contributed by atoms with Gasteiger partial charge in [-0.1, -0.05) is 6.07 Å². The Balaban J connectivity index is 2.81. The monoisotopic (exact) mass is 190 g/mol. The predicted molar refractivity (Wildman–Crippen MR) is 52.6 cm³/mol. The summed E-state index contributed by atoms with van der Waals surface area (Å²) in [5.74, 6) is 1.26. The topological polar surface area (TPSA) is 44.2 Å². The molecule has 72 valence electrons. The molecule has 0 amide bonds. The third-order valence-electron chi connectivity index (χ3n) is 2.00. The van der Waals surface area contributed by atoms with Crippen molar-refractivity contribution in [2.75, 3.05) is 14.2 Å².